The zero-order chi connectivity index (χ0) is 17.3. The number of aromatic nitrogens is 2. The van der Waals surface area contributed by atoms with Crippen molar-refractivity contribution in [3.63, 3.8) is 0 Å². The van der Waals surface area contributed by atoms with E-state index in [0.29, 0.717) is 13.0 Å². The lowest BCUT2D eigenvalue weighted by molar-refractivity contribution is -0.144. The summed E-state index contributed by atoms with van der Waals surface area (Å²) in [5.41, 5.74) is 4.17. The monoisotopic (exact) mass is 323 g/mol. The Balaban J connectivity index is 2.27. The van der Waals surface area contributed by atoms with Crippen LogP contribution >= 0.6 is 0 Å². The first-order chi connectivity index (χ1) is 10.8. The first-order valence-electron chi connectivity index (χ1n) is 7.58. The molecular weight excluding hydrogens is 302 g/mol. The Morgan fingerprint density at radius 2 is 1.96 bits per heavy atom. The van der Waals surface area contributed by atoms with E-state index < -0.39 is 29.6 Å². The molecule has 0 saturated heterocycles. The number of ketones is 1. The van der Waals surface area contributed by atoms with Crippen LogP contribution < -0.4 is 17.0 Å². The molecule has 0 bridgehead atoms. The number of hydrogen-bond acceptors (Lipinski definition) is 6. The molecule has 1 aliphatic rings. The van der Waals surface area contributed by atoms with E-state index in [-0.39, 0.29) is 23.2 Å². The van der Waals surface area contributed by atoms with Gasteiger partial charge in [0.15, 0.2) is 6.61 Å². The van der Waals surface area contributed by atoms with E-state index in [1.165, 1.54) is 11.6 Å². The van der Waals surface area contributed by atoms with Crippen molar-refractivity contribution in [1.82, 2.24) is 9.13 Å². The Kier molecular flexibility index (Phi) is 4.72. The van der Waals surface area contributed by atoms with Crippen molar-refractivity contribution in [3.05, 3.63) is 26.4 Å². The van der Waals surface area contributed by atoms with Crippen molar-refractivity contribution in [1.29, 1.82) is 0 Å². The number of rotatable bonds is 6. The van der Waals surface area contributed by atoms with E-state index in [0.717, 1.165) is 11.0 Å². The molecule has 8 nitrogen and oxygen atoms in total. The third-order valence-electron chi connectivity index (χ3n) is 4.07. The maximum atomic E-state index is 12.2. The van der Waals surface area contributed by atoms with Crippen molar-refractivity contribution in [2.45, 2.75) is 33.2 Å². The van der Waals surface area contributed by atoms with Gasteiger partial charge in [0.2, 0.25) is 5.78 Å². The van der Waals surface area contributed by atoms with Gasteiger partial charge in [0.05, 0.1) is 5.92 Å². The summed E-state index contributed by atoms with van der Waals surface area (Å²) >= 11 is 0. The molecule has 126 valence electrons. The Morgan fingerprint density at radius 3 is 2.48 bits per heavy atom. The predicted octanol–water partition coefficient (Wildman–Crippen LogP) is -0.0789. The number of nitrogens with two attached hydrogens (primary N) is 1. The zero-order valence-electron chi connectivity index (χ0n) is 13.5. The number of esters is 1. The minimum absolute atomic E-state index is 0.169. The highest BCUT2D eigenvalue weighted by molar-refractivity contribution is 6.01. The van der Waals surface area contributed by atoms with Gasteiger partial charge in [0, 0.05) is 13.6 Å². The van der Waals surface area contributed by atoms with Crippen molar-refractivity contribution in [2.75, 3.05) is 12.3 Å². The summed E-state index contributed by atoms with van der Waals surface area (Å²) < 4.78 is 6.97. The Bertz CT molecular complexity index is 762. The zero-order valence-corrected chi connectivity index (χ0v) is 13.5. The predicted molar refractivity (Wildman–Crippen MR) is 83.2 cm³/mol. The van der Waals surface area contributed by atoms with Crippen LogP contribution in [0, 0.1) is 11.8 Å². The molecule has 0 amide bonds. The molecule has 1 aromatic heterocycles. The maximum Gasteiger partial charge on any atom is 0.332 e. The van der Waals surface area contributed by atoms with E-state index in [4.69, 9.17) is 10.5 Å². The van der Waals surface area contributed by atoms with E-state index in [9.17, 15) is 19.2 Å². The Morgan fingerprint density at radius 1 is 1.35 bits per heavy atom. The summed E-state index contributed by atoms with van der Waals surface area (Å²) in [5, 5.41) is 0. The number of nitrogens with zero attached hydrogens (tertiary/aromatic N) is 2. The third kappa shape index (κ3) is 3.20. The number of hydrogen-bond donors (Lipinski definition) is 1. The molecule has 23 heavy (non-hydrogen) atoms. The molecular formula is C15H21N3O5. The number of Topliss-reactive ketones (excluding diaryl/α,β-unsaturated/α-hetero) is 1. The summed E-state index contributed by atoms with van der Waals surface area (Å²) in [6, 6.07) is 0. The molecule has 0 spiro atoms. The molecule has 1 fully saturated rings. The first-order valence-corrected chi connectivity index (χ1v) is 7.58. The molecule has 0 aliphatic heterocycles. The smallest absolute Gasteiger partial charge is 0.332 e. The first kappa shape index (κ1) is 17.0. The SMILES string of the molecule is CCCn1c(N)c(C(=O)COC(=O)[C@@H]2C[C@H]2C)c(=O)n(C)c1=O. The van der Waals surface area contributed by atoms with Crippen LogP contribution in [0.2, 0.25) is 0 Å². The highest BCUT2D eigenvalue weighted by atomic mass is 16.5. The normalized spacial score (nSPS) is 19.4. The van der Waals surface area contributed by atoms with Crippen LogP contribution in [-0.2, 0) is 23.1 Å². The maximum absolute atomic E-state index is 12.2. The second-order valence-electron chi connectivity index (χ2n) is 5.91. The molecule has 2 atom stereocenters. The lowest BCUT2D eigenvalue weighted by Gasteiger charge is -2.13. The molecule has 2 N–H and O–H groups in total. The molecule has 8 heteroatoms. The van der Waals surface area contributed by atoms with Crippen molar-refractivity contribution >= 4 is 17.6 Å². The van der Waals surface area contributed by atoms with Crippen LogP contribution in [0.1, 0.15) is 37.0 Å². The number of ether oxygens (including phenoxy) is 1. The fourth-order valence-corrected chi connectivity index (χ4v) is 2.45. The molecule has 1 saturated carbocycles. The Hall–Kier alpha value is -2.38. The summed E-state index contributed by atoms with van der Waals surface area (Å²) in [5.74, 6) is -1.22. The van der Waals surface area contributed by atoms with Gasteiger partial charge in [-0.3, -0.25) is 23.5 Å². The van der Waals surface area contributed by atoms with Gasteiger partial charge in [-0.2, -0.15) is 0 Å². The minimum Gasteiger partial charge on any atom is -0.457 e. The molecule has 2 rings (SSSR count). The fourth-order valence-electron chi connectivity index (χ4n) is 2.45. The topological polar surface area (TPSA) is 113 Å². The van der Waals surface area contributed by atoms with E-state index >= 15 is 0 Å². The summed E-state index contributed by atoms with van der Waals surface area (Å²) in [7, 11) is 1.28. The lowest BCUT2D eigenvalue weighted by atomic mass is 10.2. The van der Waals surface area contributed by atoms with Crippen molar-refractivity contribution in [2.24, 2.45) is 18.9 Å². The number of carbonyl (C=O) groups is 2. The van der Waals surface area contributed by atoms with Gasteiger partial charge >= 0.3 is 11.7 Å². The van der Waals surface area contributed by atoms with E-state index in [2.05, 4.69) is 0 Å². The quantitative estimate of drug-likeness (QED) is 0.578. The second kappa shape index (κ2) is 6.39. The van der Waals surface area contributed by atoms with E-state index in [1.807, 2.05) is 13.8 Å². The third-order valence-corrected chi connectivity index (χ3v) is 4.07. The van der Waals surface area contributed by atoms with E-state index in [1.54, 1.807) is 0 Å². The van der Waals surface area contributed by atoms with Gasteiger partial charge in [-0.15, -0.1) is 0 Å². The van der Waals surface area contributed by atoms with Crippen LogP contribution in [0.5, 0.6) is 0 Å². The van der Waals surface area contributed by atoms with Gasteiger partial charge < -0.3 is 10.5 Å². The van der Waals surface area contributed by atoms with Crippen molar-refractivity contribution < 1.29 is 14.3 Å². The van der Waals surface area contributed by atoms with Crippen LogP contribution in [0.15, 0.2) is 9.59 Å². The highest BCUT2D eigenvalue weighted by Crippen LogP contribution is 2.38. The standard InChI is InChI=1S/C15H21N3O5/c1-4-5-18-12(16)11(13(20)17(3)15(18)22)10(19)7-23-14(21)9-6-8(9)2/h8-9H,4-7,16H2,1-3H3/t8-,9-/m1/s1. The number of nitrogen functional groups attached to an aromatic ring is 1. The van der Waals surface area contributed by atoms with Gasteiger partial charge in [0.25, 0.3) is 5.56 Å². The molecule has 0 radical (unpaired) electrons. The molecule has 1 aliphatic carbocycles. The molecule has 0 unspecified atom stereocenters. The largest absolute Gasteiger partial charge is 0.457 e. The molecule has 1 aromatic rings. The average molecular weight is 323 g/mol. The Labute approximate surface area is 132 Å². The summed E-state index contributed by atoms with van der Waals surface area (Å²) in [4.78, 5) is 48.1. The molecule has 0 aromatic carbocycles. The fraction of sp³-hybridized carbons (Fsp3) is 0.600. The van der Waals surface area contributed by atoms with Crippen LogP contribution in [0.25, 0.3) is 0 Å². The highest BCUT2D eigenvalue weighted by Gasteiger charge is 2.40. The minimum atomic E-state index is -0.777. The van der Waals surface area contributed by atoms with Crippen LogP contribution in [0.3, 0.4) is 0 Å². The summed E-state index contributed by atoms with van der Waals surface area (Å²) in [6.45, 7) is 3.50. The number of carbonyl (C=O) groups excluding carboxylic acids is 2. The second-order valence-corrected chi connectivity index (χ2v) is 5.91. The lowest BCUT2D eigenvalue weighted by Crippen LogP contribution is -2.43. The van der Waals surface area contributed by atoms with Crippen LogP contribution in [-0.4, -0.2) is 27.5 Å². The van der Waals surface area contributed by atoms with Crippen molar-refractivity contribution in [3.8, 4) is 0 Å². The van der Waals surface area contributed by atoms with Gasteiger partial charge in [0.1, 0.15) is 11.4 Å². The number of anilines is 1. The van der Waals surface area contributed by atoms with Crippen LogP contribution in [0.4, 0.5) is 5.82 Å². The van der Waals surface area contributed by atoms with Gasteiger partial charge in [-0.05, 0) is 18.8 Å². The summed E-state index contributed by atoms with van der Waals surface area (Å²) in [6.07, 6.45) is 1.36. The molecule has 1 heterocycles. The van der Waals surface area contributed by atoms with Gasteiger partial charge in [-0.1, -0.05) is 13.8 Å². The average Bonchev–Trinajstić information content (AvgIpc) is 3.24. The van der Waals surface area contributed by atoms with Gasteiger partial charge in [-0.25, -0.2) is 4.79 Å².